The summed E-state index contributed by atoms with van der Waals surface area (Å²) in [7, 11) is 1.25. The first-order valence-corrected chi connectivity index (χ1v) is 6.23. The molecule has 0 aromatic heterocycles. The van der Waals surface area contributed by atoms with E-state index in [1.54, 1.807) is 0 Å². The van der Waals surface area contributed by atoms with E-state index in [0.717, 1.165) is 0 Å². The molecule has 0 bridgehead atoms. The van der Waals surface area contributed by atoms with Gasteiger partial charge in [0.2, 0.25) is 0 Å². The van der Waals surface area contributed by atoms with Crippen LogP contribution < -0.4 is 0 Å². The largest absolute Gasteiger partial charge is 0.479 e. The molecular formula is C12H19NO6. The van der Waals surface area contributed by atoms with Gasteiger partial charge in [0.15, 0.2) is 6.10 Å². The fourth-order valence-corrected chi connectivity index (χ4v) is 1.96. The Bertz CT molecular complexity index is 356. The minimum absolute atomic E-state index is 0.138. The molecule has 0 spiro atoms. The normalized spacial score (nSPS) is 22.0. The summed E-state index contributed by atoms with van der Waals surface area (Å²) >= 11 is 0. The smallest absolute Gasteiger partial charge is 0.332 e. The second kappa shape index (κ2) is 7.08. The summed E-state index contributed by atoms with van der Waals surface area (Å²) < 4.78 is 9.72. The number of carboxylic acids is 1. The molecule has 1 amide bonds. The molecule has 2 atom stereocenters. The zero-order chi connectivity index (χ0) is 14.4. The van der Waals surface area contributed by atoms with Gasteiger partial charge in [-0.15, -0.1) is 0 Å². The number of rotatable bonds is 6. The lowest BCUT2D eigenvalue weighted by Crippen LogP contribution is -2.43. The quantitative estimate of drug-likeness (QED) is 0.686. The van der Waals surface area contributed by atoms with E-state index < -0.39 is 24.1 Å². The Morgan fingerprint density at radius 2 is 1.95 bits per heavy atom. The van der Waals surface area contributed by atoms with Gasteiger partial charge in [-0.25, -0.2) is 4.79 Å². The number of aliphatic carboxylic acids is 1. The number of methoxy groups -OCH3 is 1. The maximum absolute atomic E-state index is 12.2. The molecule has 7 heteroatoms. The summed E-state index contributed by atoms with van der Waals surface area (Å²) in [5, 5.41) is 8.81. The molecule has 1 aliphatic rings. The molecule has 1 fully saturated rings. The van der Waals surface area contributed by atoms with Crippen molar-refractivity contribution >= 4 is 17.8 Å². The average Bonchev–Trinajstić information content (AvgIpc) is 2.86. The highest BCUT2D eigenvalue weighted by atomic mass is 16.5. The lowest BCUT2D eigenvalue weighted by Gasteiger charge is -2.23. The third-order valence-corrected chi connectivity index (χ3v) is 2.92. The zero-order valence-corrected chi connectivity index (χ0v) is 11.1. The molecule has 1 heterocycles. The van der Waals surface area contributed by atoms with E-state index in [4.69, 9.17) is 9.84 Å². The zero-order valence-electron chi connectivity index (χ0n) is 11.1. The predicted octanol–water partition coefficient (Wildman–Crippen LogP) is 0.0302. The maximum atomic E-state index is 12.2. The lowest BCUT2D eigenvalue weighted by molar-refractivity contribution is -0.157. The SMILES string of the molecule is CCCN(CC(=O)OC)C(=O)C1CCC(C(=O)O)O1. The van der Waals surface area contributed by atoms with Crippen LogP contribution in [0.2, 0.25) is 0 Å². The van der Waals surface area contributed by atoms with Crippen LogP contribution in [0.25, 0.3) is 0 Å². The van der Waals surface area contributed by atoms with E-state index in [-0.39, 0.29) is 12.5 Å². The topological polar surface area (TPSA) is 93.1 Å². The van der Waals surface area contributed by atoms with E-state index >= 15 is 0 Å². The third kappa shape index (κ3) is 4.20. The van der Waals surface area contributed by atoms with Crippen LogP contribution >= 0.6 is 0 Å². The third-order valence-electron chi connectivity index (χ3n) is 2.92. The molecular weight excluding hydrogens is 254 g/mol. The van der Waals surface area contributed by atoms with Gasteiger partial charge in [0, 0.05) is 6.54 Å². The van der Waals surface area contributed by atoms with Crippen LogP contribution in [0.15, 0.2) is 0 Å². The molecule has 2 unspecified atom stereocenters. The van der Waals surface area contributed by atoms with E-state index in [0.29, 0.717) is 25.8 Å². The van der Waals surface area contributed by atoms with Gasteiger partial charge in [-0.05, 0) is 19.3 Å². The Hall–Kier alpha value is -1.63. The lowest BCUT2D eigenvalue weighted by atomic mass is 10.1. The summed E-state index contributed by atoms with van der Waals surface area (Å²) in [6.45, 7) is 2.15. The van der Waals surface area contributed by atoms with Gasteiger partial charge in [-0.1, -0.05) is 6.92 Å². The highest BCUT2D eigenvalue weighted by Crippen LogP contribution is 2.21. The number of amides is 1. The van der Waals surface area contributed by atoms with Crippen LogP contribution in [0.1, 0.15) is 26.2 Å². The summed E-state index contributed by atoms with van der Waals surface area (Å²) in [6, 6.07) is 0. The van der Waals surface area contributed by atoms with Crippen LogP contribution in [0.5, 0.6) is 0 Å². The summed E-state index contributed by atoms with van der Waals surface area (Å²) in [6.07, 6.45) is -0.355. The minimum atomic E-state index is -1.06. The van der Waals surface area contributed by atoms with Crippen LogP contribution in [0.4, 0.5) is 0 Å². The van der Waals surface area contributed by atoms with Crippen molar-refractivity contribution in [1.82, 2.24) is 4.90 Å². The first-order valence-electron chi connectivity index (χ1n) is 6.23. The van der Waals surface area contributed by atoms with Crippen molar-refractivity contribution in [2.24, 2.45) is 0 Å². The van der Waals surface area contributed by atoms with Crippen molar-refractivity contribution in [3.8, 4) is 0 Å². The molecule has 0 radical (unpaired) electrons. The predicted molar refractivity (Wildman–Crippen MR) is 64.4 cm³/mol. The molecule has 0 aromatic carbocycles. The van der Waals surface area contributed by atoms with Crippen LogP contribution in [-0.4, -0.2) is 60.3 Å². The van der Waals surface area contributed by atoms with Gasteiger partial charge in [-0.2, -0.15) is 0 Å². The summed E-state index contributed by atoms with van der Waals surface area (Å²) in [5.74, 6) is -1.92. The molecule has 108 valence electrons. The Morgan fingerprint density at radius 3 is 2.42 bits per heavy atom. The number of ether oxygens (including phenoxy) is 2. The molecule has 0 aliphatic carbocycles. The number of hydrogen-bond acceptors (Lipinski definition) is 5. The fourth-order valence-electron chi connectivity index (χ4n) is 1.96. The molecule has 7 nitrogen and oxygen atoms in total. The van der Waals surface area contributed by atoms with Crippen molar-refractivity contribution in [2.75, 3.05) is 20.2 Å². The van der Waals surface area contributed by atoms with Gasteiger partial charge in [-0.3, -0.25) is 9.59 Å². The van der Waals surface area contributed by atoms with Gasteiger partial charge < -0.3 is 19.5 Å². The van der Waals surface area contributed by atoms with Crippen molar-refractivity contribution in [2.45, 2.75) is 38.4 Å². The molecule has 1 saturated heterocycles. The number of esters is 1. The summed E-state index contributed by atoms with van der Waals surface area (Å²) in [4.78, 5) is 35.5. The number of carboxylic acid groups (broad SMARTS) is 1. The van der Waals surface area contributed by atoms with Crippen LogP contribution in [0.3, 0.4) is 0 Å². The van der Waals surface area contributed by atoms with Crippen molar-refractivity contribution in [3.63, 3.8) is 0 Å². The van der Waals surface area contributed by atoms with E-state index in [9.17, 15) is 14.4 Å². The van der Waals surface area contributed by atoms with Crippen LogP contribution in [-0.2, 0) is 23.9 Å². The Morgan fingerprint density at radius 1 is 1.32 bits per heavy atom. The molecule has 19 heavy (non-hydrogen) atoms. The highest BCUT2D eigenvalue weighted by molar-refractivity contribution is 5.86. The number of carbonyl (C=O) groups excluding carboxylic acids is 2. The highest BCUT2D eigenvalue weighted by Gasteiger charge is 2.37. The Balaban J connectivity index is 2.61. The molecule has 1 rings (SSSR count). The molecule has 1 N–H and O–H groups in total. The van der Waals surface area contributed by atoms with E-state index in [1.165, 1.54) is 12.0 Å². The van der Waals surface area contributed by atoms with Crippen molar-refractivity contribution in [3.05, 3.63) is 0 Å². The van der Waals surface area contributed by atoms with Crippen LogP contribution in [0, 0.1) is 0 Å². The van der Waals surface area contributed by atoms with Gasteiger partial charge >= 0.3 is 11.9 Å². The van der Waals surface area contributed by atoms with Gasteiger partial charge in [0.25, 0.3) is 5.91 Å². The summed E-state index contributed by atoms with van der Waals surface area (Å²) in [5.41, 5.74) is 0. The van der Waals surface area contributed by atoms with E-state index in [2.05, 4.69) is 4.74 Å². The number of hydrogen-bond donors (Lipinski definition) is 1. The maximum Gasteiger partial charge on any atom is 0.332 e. The molecule has 1 aliphatic heterocycles. The first-order chi connectivity index (χ1) is 8.99. The Labute approximate surface area is 111 Å². The second-order valence-electron chi connectivity index (χ2n) is 4.36. The minimum Gasteiger partial charge on any atom is -0.479 e. The first kappa shape index (κ1) is 15.4. The van der Waals surface area contributed by atoms with E-state index in [1.807, 2.05) is 6.92 Å². The number of carbonyl (C=O) groups is 3. The number of nitrogens with zero attached hydrogens (tertiary/aromatic N) is 1. The fraction of sp³-hybridized carbons (Fsp3) is 0.750. The second-order valence-corrected chi connectivity index (χ2v) is 4.36. The molecule has 0 aromatic rings. The average molecular weight is 273 g/mol. The van der Waals surface area contributed by atoms with Gasteiger partial charge in [0.05, 0.1) is 7.11 Å². The Kier molecular flexibility index (Phi) is 5.75. The standard InChI is InChI=1S/C12H19NO6/c1-3-6-13(7-10(14)18-2)11(15)8-4-5-9(19-8)12(16)17/h8-9H,3-7H2,1-2H3,(H,16,17). The van der Waals surface area contributed by atoms with Crippen molar-refractivity contribution in [1.29, 1.82) is 0 Å². The molecule has 0 saturated carbocycles. The van der Waals surface area contributed by atoms with Crippen molar-refractivity contribution < 1.29 is 29.0 Å². The van der Waals surface area contributed by atoms with Gasteiger partial charge in [0.1, 0.15) is 12.6 Å². The monoisotopic (exact) mass is 273 g/mol.